The summed E-state index contributed by atoms with van der Waals surface area (Å²) in [4.78, 5) is 15.5. The molecule has 0 atom stereocenters. The van der Waals surface area contributed by atoms with Crippen molar-refractivity contribution in [3.05, 3.63) is 45.9 Å². The summed E-state index contributed by atoms with van der Waals surface area (Å²) in [7, 11) is 0. The Hall–Kier alpha value is -1.33. The molecular formula is C12H10BrClN2O2. The second-order valence-electron chi connectivity index (χ2n) is 3.49. The van der Waals surface area contributed by atoms with Crippen molar-refractivity contribution in [1.29, 1.82) is 0 Å². The molecule has 0 spiro atoms. The average molecular weight is 330 g/mol. The molecule has 1 aromatic heterocycles. The van der Waals surface area contributed by atoms with E-state index in [4.69, 9.17) is 16.3 Å². The Morgan fingerprint density at radius 2 is 2.33 bits per heavy atom. The number of hydrogen-bond donors (Lipinski definition) is 0. The first-order chi connectivity index (χ1) is 8.61. The van der Waals surface area contributed by atoms with E-state index in [1.807, 2.05) is 12.1 Å². The van der Waals surface area contributed by atoms with Gasteiger partial charge in [-0.3, -0.25) is 0 Å². The zero-order valence-corrected chi connectivity index (χ0v) is 11.9. The number of esters is 1. The van der Waals surface area contributed by atoms with Gasteiger partial charge in [-0.15, -0.1) is 0 Å². The fourth-order valence-electron chi connectivity index (χ4n) is 1.42. The Balaban J connectivity index is 2.29. The van der Waals surface area contributed by atoms with Crippen LogP contribution in [0.3, 0.4) is 0 Å². The average Bonchev–Trinajstić information content (AvgIpc) is 2.82. The van der Waals surface area contributed by atoms with Crippen LogP contribution >= 0.6 is 27.5 Å². The van der Waals surface area contributed by atoms with E-state index in [9.17, 15) is 4.79 Å². The fraction of sp³-hybridized carbons (Fsp3) is 0.167. The monoisotopic (exact) mass is 328 g/mol. The van der Waals surface area contributed by atoms with Crippen molar-refractivity contribution >= 4 is 33.5 Å². The first kappa shape index (κ1) is 13.1. The number of carbonyl (C=O) groups excluding carboxylic acids is 1. The molecule has 0 unspecified atom stereocenters. The van der Waals surface area contributed by atoms with Crippen LogP contribution in [0.25, 0.3) is 5.69 Å². The van der Waals surface area contributed by atoms with Crippen molar-refractivity contribution in [2.45, 2.75) is 6.92 Å². The van der Waals surface area contributed by atoms with E-state index < -0.39 is 5.97 Å². The highest BCUT2D eigenvalue weighted by atomic mass is 79.9. The molecule has 1 heterocycles. The predicted octanol–water partition coefficient (Wildman–Crippen LogP) is 3.46. The fourth-order valence-corrected chi connectivity index (χ4v) is 1.84. The molecule has 6 heteroatoms. The number of nitrogens with zero attached hydrogens (tertiary/aromatic N) is 2. The van der Waals surface area contributed by atoms with E-state index in [2.05, 4.69) is 20.9 Å². The van der Waals surface area contributed by atoms with E-state index in [0.29, 0.717) is 11.6 Å². The Labute approximate surface area is 118 Å². The molecule has 0 aliphatic carbocycles. The molecule has 0 fully saturated rings. The van der Waals surface area contributed by atoms with Gasteiger partial charge in [0.2, 0.25) is 0 Å². The molecule has 4 nitrogen and oxygen atoms in total. The zero-order chi connectivity index (χ0) is 13.1. The molecule has 18 heavy (non-hydrogen) atoms. The van der Waals surface area contributed by atoms with Crippen molar-refractivity contribution in [2.24, 2.45) is 0 Å². The minimum atomic E-state index is -0.431. The quantitative estimate of drug-likeness (QED) is 0.810. The van der Waals surface area contributed by atoms with Crippen molar-refractivity contribution in [1.82, 2.24) is 9.55 Å². The molecule has 2 rings (SSSR count). The van der Waals surface area contributed by atoms with Crippen LogP contribution < -0.4 is 0 Å². The summed E-state index contributed by atoms with van der Waals surface area (Å²) in [5.41, 5.74) is 1.10. The van der Waals surface area contributed by atoms with Gasteiger partial charge in [-0.2, -0.15) is 0 Å². The van der Waals surface area contributed by atoms with E-state index >= 15 is 0 Å². The highest BCUT2D eigenvalue weighted by Gasteiger charge is 2.11. The third-order valence-corrected chi connectivity index (χ3v) is 3.50. The van der Waals surface area contributed by atoms with Gasteiger partial charge in [0.15, 0.2) is 5.69 Å². The van der Waals surface area contributed by atoms with E-state index in [1.54, 1.807) is 30.1 Å². The number of hydrogen-bond acceptors (Lipinski definition) is 3. The van der Waals surface area contributed by atoms with E-state index in [-0.39, 0.29) is 5.69 Å². The summed E-state index contributed by atoms with van der Waals surface area (Å²) >= 11 is 9.33. The maximum Gasteiger partial charge on any atom is 0.358 e. The third-order valence-electron chi connectivity index (χ3n) is 2.27. The van der Waals surface area contributed by atoms with Gasteiger partial charge in [-0.25, -0.2) is 9.78 Å². The Morgan fingerprint density at radius 3 is 3.00 bits per heavy atom. The molecule has 0 aliphatic rings. The van der Waals surface area contributed by atoms with Gasteiger partial charge in [0.1, 0.15) is 6.33 Å². The van der Waals surface area contributed by atoms with Crippen LogP contribution in [0, 0.1) is 0 Å². The standard InChI is InChI=1S/C12H10BrClN2O2/c1-2-18-12(17)11-6-16(7-15-11)8-3-4-9(13)10(14)5-8/h3-7H,2H2,1H3. The van der Waals surface area contributed by atoms with E-state index in [1.165, 1.54) is 0 Å². The van der Waals surface area contributed by atoms with Gasteiger partial charge < -0.3 is 9.30 Å². The molecule has 0 saturated heterocycles. The van der Waals surface area contributed by atoms with Gasteiger partial charge in [0, 0.05) is 16.4 Å². The van der Waals surface area contributed by atoms with Crippen LogP contribution in [0.5, 0.6) is 0 Å². The summed E-state index contributed by atoms with van der Waals surface area (Å²) < 4.78 is 7.40. The van der Waals surface area contributed by atoms with Crippen LogP contribution in [-0.2, 0) is 4.74 Å². The van der Waals surface area contributed by atoms with Crippen LogP contribution in [-0.4, -0.2) is 22.1 Å². The summed E-state index contributed by atoms with van der Waals surface area (Å²) in [6.07, 6.45) is 3.16. The SMILES string of the molecule is CCOC(=O)c1cn(-c2ccc(Br)c(Cl)c2)cn1. The van der Waals surface area contributed by atoms with Gasteiger partial charge in [0.25, 0.3) is 0 Å². The topological polar surface area (TPSA) is 44.1 Å². The van der Waals surface area contributed by atoms with Crippen LogP contribution in [0.1, 0.15) is 17.4 Å². The highest BCUT2D eigenvalue weighted by molar-refractivity contribution is 9.10. The van der Waals surface area contributed by atoms with Crippen molar-refractivity contribution in [2.75, 3.05) is 6.61 Å². The lowest BCUT2D eigenvalue weighted by Crippen LogP contribution is -2.04. The minimum Gasteiger partial charge on any atom is -0.461 e. The number of ether oxygens (including phenoxy) is 1. The zero-order valence-electron chi connectivity index (χ0n) is 9.56. The summed E-state index contributed by atoms with van der Waals surface area (Å²) in [6.45, 7) is 2.08. The molecular weight excluding hydrogens is 320 g/mol. The lowest BCUT2D eigenvalue weighted by molar-refractivity contribution is 0.0520. The normalized spacial score (nSPS) is 10.4. The molecule has 1 aromatic carbocycles. The maximum atomic E-state index is 11.5. The Kier molecular flexibility index (Phi) is 4.04. The van der Waals surface area contributed by atoms with E-state index in [0.717, 1.165) is 10.2 Å². The lowest BCUT2D eigenvalue weighted by atomic mass is 10.3. The molecule has 0 saturated carbocycles. The molecule has 94 valence electrons. The number of benzene rings is 1. The molecule has 0 N–H and O–H groups in total. The second kappa shape index (κ2) is 5.54. The molecule has 0 radical (unpaired) electrons. The number of carbonyl (C=O) groups is 1. The van der Waals surface area contributed by atoms with Crippen molar-refractivity contribution < 1.29 is 9.53 Å². The summed E-state index contributed by atoms with van der Waals surface area (Å²) in [5, 5.41) is 0.596. The Bertz CT molecular complexity index is 583. The lowest BCUT2D eigenvalue weighted by Gasteiger charge is -2.03. The molecule has 0 bridgehead atoms. The number of halogens is 2. The number of imidazole rings is 1. The summed E-state index contributed by atoms with van der Waals surface area (Å²) in [5.74, 6) is -0.431. The first-order valence-electron chi connectivity index (χ1n) is 5.28. The first-order valence-corrected chi connectivity index (χ1v) is 6.45. The van der Waals surface area contributed by atoms with Gasteiger partial charge in [-0.05, 0) is 41.1 Å². The van der Waals surface area contributed by atoms with Crippen LogP contribution in [0.4, 0.5) is 0 Å². The number of aromatic nitrogens is 2. The molecule has 2 aromatic rings. The smallest absolute Gasteiger partial charge is 0.358 e. The molecule has 0 amide bonds. The second-order valence-corrected chi connectivity index (χ2v) is 4.75. The minimum absolute atomic E-state index is 0.274. The predicted molar refractivity (Wildman–Crippen MR) is 72.2 cm³/mol. The maximum absolute atomic E-state index is 11.5. The third kappa shape index (κ3) is 2.73. The number of rotatable bonds is 3. The van der Waals surface area contributed by atoms with Crippen LogP contribution in [0.15, 0.2) is 35.2 Å². The van der Waals surface area contributed by atoms with Crippen molar-refractivity contribution in [3.8, 4) is 5.69 Å². The van der Waals surface area contributed by atoms with Crippen LogP contribution in [0.2, 0.25) is 5.02 Å². The van der Waals surface area contributed by atoms with Gasteiger partial charge >= 0.3 is 5.97 Å². The highest BCUT2D eigenvalue weighted by Crippen LogP contribution is 2.24. The van der Waals surface area contributed by atoms with Gasteiger partial charge in [-0.1, -0.05) is 11.6 Å². The molecule has 0 aliphatic heterocycles. The van der Waals surface area contributed by atoms with Crippen molar-refractivity contribution in [3.63, 3.8) is 0 Å². The Morgan fingerprint density at radius 1 is 1.56 bits per heavy atom. The van der Waals surface area contributed by atoms with Gasteiger partial charge in [0.05, 0.1) is 11.6 Å². The largest absolute Gasteiger partial charge is 0.461 e. The summed E-state index contributed by atoms with van der Waals surface area (Å²) in [6, 6.07) is 5.48.